The molecule has 1 fully saturated rings. The van der Waals surface area contributed by atoms with Gasteiger partial charge in [-0.2, -0.15) is 0 Å². The maximum atomic E-state index is 10.8. The van der Waals surface area contributed by atoms with Crippen LogP contribution in [0.1, 0.15) is 33.3 Å². The molecule has 1 aromatic rings. The molecule has 0 bridgehead atoms. The van der Waals surface area contributed by atoms with Gasteiger partial charge in [0.2, 0.25) is 0 Å². The topological polar surface area (TPSA) is 55.2 Å². The number of aryl methyl sites for hydroxylation is 1. The molecule has 0 radical (unpaired) electrons. The van der Waals surface area contributed by atoms with Crippen LogP contribution in [0.3, 0.4) is 0 Å². The summed E-state index contributed by atoms with van der Waals surface area (Å²) in [5.74, 6) is 0.586. The molecule has 0 aromatic heterocycles. The fraction of sp³-hybridized carbons (Fsp3) is 0.600. The molecule has 0 spiro atoms. The molecule has 0 atom stereocenters. The van der Waals surface area contributed by atoms with Crippen molar-refractivity contribution in [1.82, 2.24) is 0 Å². The van der Waals surface area contributed by atoms with Gasteiger partial charge in [0.05, 0.1) is 4.92 Å². The van der Waals surface area contributed by atoms with Crippen molar-refractivity contribution < 1.29 is 4.92 Å². The molecule has 0 amide bonds. The lowest BCUT2D eigenvalue weighted by molar-refractivity contribution is -0.384. The Kier molecular flexibility index (Phi) is 3.49. The van der Waals surface area contributed by atoms with E-state index in [1.54, 1.807) is 6.07 Å². The molecule has 5 heteroatoms. The molecule has 1 saturated carbocycles. The Morgan fingerprint density at radius 3 is 2.30 bits per heavy atom. The quantitative estimate of drug-likeness (QED) is 0.650. The van der Waals surface area contributed by atoms with Crippen molar-refractivity contribution in [3.63, 3.8) is 0 Å². The average molecular weight is 297 g/mol. The number of benzene rings is 1. The first kappa shape index (κ1) is 15.1. The van der Waals surface area contributed by atoms with E-state index in [2.05, 4.69) is 33.0 Å². The van der Waals surface area contributed by atoms with Gasteiger partial charge in [-0.1, -0.05) is 39.3 Å². The molecular formula is C15H21ClN2O2. The Morgan fingerprint density at radius 2 is 1.85 bits per heavy atom. The summed E-state index contributed by atoms with van der Waals surface area (Å²) in [5, 5.41) is 14.4. The number of nitro groups is 1. The molecular weight excluding hydrogens is 276 g/mol. The van der Waals surface area contributed by atoms with Gasteiger partial charge in [0.25, 0.3) is 5.69 Å². The highest BCUT2D eigenvalue weighted by Crippen LogP contribution is 2.68. The summed E-state index contributed by atoms with van der Waals surface area (Å²) in [6.07, 6.45) is 0. The summed E-state index contributed by atoms with van der Waals surface area (Å²) < 4.78 is 0. The maximum absolute atomic E-state index is 10.8. The second-order valence-corrected chi connectivity index (χ2v) is 7.16. The smallest absolute Gasteiger partial charge is 0.288 e. The lowest BCUT2D eigenvalue weighted by atomic mass is 10.0. The summed E-state index contributed by atoms with van der Waals surface area (Å²) >= 11 is 5.96. The van der Waals surface area contributed by atoms with E-state index >= 15 is 0 Å². The van der Waals surface area contributed by atoms with Crippen molar-refractivity contribution in [3.05, 3.63) is 32.8 Å². The fourth-order valence-electron chi connectivity index (χ4n) is 3.05. The minimum atomic E-state index is -0.452. The minimum absolute atomic E-state index is 0.0400. The standard InChI is InChI=1S/C15H21ClN2O2/c1-9-6-12(18(19)20)10(16)7-11(9)17-8-13-14(2,3)15(13,4)5/h6-7,13,17H,8H2,1-5H3. The predicted octanol–water partition coefficient (Wildman–Crippen LogP) is 4.65. The van der Waals surface area contributed by atoms with Crippen LogP contribution in [0.5, 0.6) is 0 Å². The van der Waals surface area contributed by atoms with E-state index in [1.807, 2.05) is 6.92 Å². The third kappa shape index (κ3) is 2.26. The van der Waals surface area contributed by atoms with Gasteiger partial charge in [-0.3, -0.25) is 10.1 Å². The first-order chi connectivity index (χ1) is 9.09. The second-order valence-electron chi connectivity index (χ2n) is 6.75. The Bertz CT molecular complexity index is 553. The van der Waals surface area contributed by atoms with Gasteiger partial charge in [-0.15, -0.1) is 0 Å². The van der Waals surface area contributed by atoms with Crippen LogP contribution < -0.4 is 5.32 Å². The normalized spacial score (nSPS) is 19.7. The van der Waals surface area contributed by atoms with Crippen LogP contribution in [0, 0.1) is 33.8 Å². The molecule has 0 aliphatic heterocycles. The monoisotopic (exact) mass is 296 g/mol. The average Bonchev–Trinajstić information content (AvgIpc) is 2.70. The van der Waals surface area contributed by atoms with Gasteiger partial charge in [0.15, 0.2) is 0 Å². The molecule has 2 rings (SSSR count). The third-order valence-corrected chi connectivity index (χ3v) is 5.61. The highest BCUT2D eigenvalue weighted by atomic mass is 35.5. The number of anilines is 1. The van der Waals surface area contributed by atoms with E-state index in [1.165, 1.54) is 6.07 Å². The van der Waals surface area contributed by atoms with E-state index in [9.17, 15) is 10.1 Å². The number of nitrogens with zero attached hydrogens (tertiary/aromatic N) is 1. The SMILES string of the molecule is Cc1cc([N+](=O)[O-])c(Cl)cc1NCC1C(C)(C)C1(C)C. The van der Waals surface area contributed by atoms with Crippen LogP contribution in [-0.4, -0.2) is 11.5 Å². The lowest BCUT2D eigenvalue weighted by Crippen LogP contribution is -2.09. The predicted molar refractivity (Wildman–Crippen MR) is 82.4 cm³/mol. The number of halogens is 1. The van der Waals surface area contributed by atoms with Crippen LogP contribution in [0.2, 0.25) is 5.02 Å². The van der Waals surface area contributed by atoms with Gasteiger partial charge >= 0.3 is 0 Å². The largest absolute Gasteiger partial charge is 0.384 e. The first-order valence-corrected chi connectivity index (χ1v) is 7.15. The number of nitro benzene ring substituents is 1. The molecule has 1 aliphatic carbocycles. The summed E-state index contributed by atoms with van der Waals surface area (Å²) in [6, 6.07) is 3.17. The van der Waals surface area contributed by atoms with Crippen molar-refractivity contribution in [1.29, 1.82) is 0 Å². The van der Waals surface area contributed by atoms with Crippen molar-refractivity contribution in [2.45, 2.75) is 34.6 Å². The lowest BCUT2D eigenvalue weighted by Gasteiger charge is -2.11. The maximum Gasteiger partial charge on any atom is 0.288 e. The molecule has 110 valence electrons. The van der Waals surface area contributed by atoms with E-state index in [0.29, 0.717) is 16.7 Å². The van der Waals surface area contributed by atoms with Crippen molar-refractivity contribution in [2.75, 3.05) is 11.9 Å². The van der Waals surface area contributed by atoms with Crippen LogP contribution in [0.4, 0.5) is 11.4 Å². The van der Waals surface area contributed by atoms with Crippen LogP contribution in [0.25, 0.3) is 0 Å². The van der Waals surface area contributed by atoms with E-state index in [4.69, 9.17) is 11.6 Å². The highest BCUT2D eigenvalue weighted by Gasteiger charge is 2.64. The fourth-order valence-corrected chi connectivity index (χ4v) is 3.28. The molecule has 4 nitrogen and oxygen atoms in total. The Morgan fingerprint density at radius 1 is 1.30 bits per heavy atom. The zero-order valence-corrected chi connectivity index (χ0v) is 13.3. The Balaban J connectivity index is 2.12. The summed E-state index contributed by atoms with van der Waals surface area (Å²) in [7, 11) is 0. The summed E-state index contributed by atoms with van der Waals surface area (Å²) in [4.78, 5) is 10.4. The van der Waals surface area contributed by atoms with Gasteiger partial charge < -0.3 is 5.32 Å². The van der Waals surface area contributed by atoms with Crippen LogP contribution in [-0.2, 0) is 0 Å². The van der Waals surface area contributed by atoms with E-state index in [-0.39, 0.29) is 10.7 Å². The number of rotatable bonds is 4. The molecule has 0 heterocycles. The van der Waals surface area contributed by atoms with Crippen LogP contribution >= 0.6 is 11.6 Å². The zero-order chi connectivity index (χ0) is 15.3. The molecule has 1 N–H and O–H groups in total. The Labute approximate surface area is 124 Å². The number of nitrogens with one attached hydrogen (secondary N) is 1. The van der Waals surface area contributed by atoms with Crippen molar-refractivity contribution >= 4 is 23.0 Å². The van der Waals surface area contributed by atoms with E-state index < -0.39 is 4.92 Å². The number of hydrogen-bond acceptors (Lipinski definition) is 3. The molecule has 20 heavy (non-hydrogen) atoms. The van der Waals surface area contributed by atoms with Crippen molar-refractivity contribution in [2.24, 2.45) is 16.7 Å². The molecule has 1 aromatic carbocycles. The van der Waals surface area contributed by atoms with Crippen LogP contribution in [0.15, 0.2) is 12.1 Å². The number of hydrogen-bond donors (Lipinski definition) is 1. The highest BCUT2D eigenvalue weighted by molar-refractivity contribution is 6.33. The van der Waals surface area contributed by atoms with Gasteiger partial charge in [-0.25, -0.2) is 0 Å². The van der Waals surface area contributed by atoms with E-state index in [0.717, 1.165) is 17.8 Å². The third-order valence-electron chi connectivity index (χ3n) is 5.31. The summed E-state index contributed by atoms with van der Waals surface area (Å²) in [6.45, 7) is 11.8. The zero-order valence-electron chi connectivity index (χ0n) is 12.6. The minimum Gasteiger partial charge on any atom is -0.384 e. The molecule has 0 saturated heterocycles. The first-order valence-electron chi connectivity index (χ1n) is 6.77. The second kappa shape index (κ2) is 4.62. The van der Waals surface area contributed by atoms with Gasteiger partial charge in [0, 0.05) is 18.3 Å². The molecule has 0 unspecified atom stereocenters. The Hall–Kier alpha value is -1.29. The summed E-state index contributed by atoms with van der Waals surface area (Å²) in [5.41, 5.74) is 2.31. The van der Waals surface area contributed by atoms with Gasteiger partial charge in [0.1, 0.15) is 5.02 Å². The molecule has 1 aliphatic rings. The van der Waals surface area contributed by atoms with Gasteiger partial charge in [-0.05, 0) is 35.3 Å². The van der Waals surface area contributed by atoms with Crippen molar-refractivity contribution in [3.8, 4) is 0 Å².